The molecule has 0 aliphatic rings. The van der Waals surface area contributed by atoms with Gasteiger partial charge in [-0.15, -0.1) is 11.8 Å². The highest BCUT2D eigenvalue weighted by atomic mass is 32.2. The Balaban J connectivity index is 2.25. The summed E-state index contributed by atoms with van der Waals surface area (Å²) in [5, 5.41) is 4.10. The molecule has 2 rings (SSSR count). The van der Waals surface area contributed by atoms with E-state index in [0.29, 0.717) is 4.90 Å². The van der Waals surface area contributed by atoms with Crippen LogP contribution in [-0.4, -0.2) is 15.8 Å². The number of nitrogens with two attached hydrogens (primary N) is 1. The summed E-state index contributed by atoms with van der Waals surface area (Å²) in [5.41, 5.74) is 7.13. The van der Waals surface area contributed by atoms with Crippen LogP contribution in [0.15, 0.2) is 35.5 Å². The lowest BCUT2D eigenvalue weighted by Crippen LogP contribution is -2.25. The monoisotopic (exact) mass is 297 g/mol. The fourth-order valence-electron chi connectivity index (χ4n) is 1.90. The Morgan fingerprint density at radius 1 is 1.35 bits per heavy atom. The summed E-state index contributed by atoms with van der Waals surface area (Å²) in [6, 6.07) is 3.81. The first-order valence-corrected chi connectivity index (χ1v) is 7.25. The molecular weight excluding hydrogens is 280 g/mol. The molecule has 2 N–H and O–H groups in total. The van der Waals surface area contributed by atoms with Crippen molar-refractivity contribution in [2.45, 2.75) is 29.5 Å². The van der Waals surface area contributed by atoms with E-state index in [1.807, 2.05) is 20.2 Å². The van der Waals surface area contributed by atoms with Crippen LogP contribution in [0.5, 0.6) is 0 Å². The second kappa shape index (κ2) is 6.37. The number of hydrogen-bond donors (Lipinski definition) is 1. The standard InChI is InChI=1S/C14H17F2N3S/c1-3-13(17)14(9-7-18-19(2)8-9)20-10-4-5-11(15)12(16)6-10/h4-8,13-14H,3,17H2,1-2H3. The van der Waals surface area contributed by atoms with Gasteiger partial charge in [0, 0.05) is 29.7 Å². The summed E-state index contributed by atoms with van der Waals surface area (Å²) >= 11 is 1.43. The third-order valence-electron chi connectivity index (χ3n) is 3.07. The van der Waals surface area contributed by atoms with Crippen molar-refractivity contribution in [3.05, 3.63) is 47.8 Å². The van der Waals surface area contributed by atoms with Gasteiger partial charge >= 0.3 is 0 Å². The zero-order chi connectivity index (χ0) is 14.7. The van der Waals surface area contributed by atoms with Crippen LogP contribution in [0.4, 0.5) is 8.78 Å². The molecule has 1 aromatic carbocycles. The van der Waals surface area contributed by atoms with Crippen molar-refractivity contribution in [3.8, 4) is 0 Å². The van der Waals surface area contributed by atoms with E-state index in [2.05, 4.69) is 5.10 Å². The highest BCUT2D eigenvalue weighted by Crippen LogP contribution is 2.38. The van der Waals surface area contributed by atoms with Crippen LogP contribution in [0.1, 0.15) is 24.2 Å². The first-order chi connectivity index (χ1) is 9.51. The van der Waals surface area contributed by atoms with Gasteiger partial charge in [-0.2, -0.15) is 5.10 Å². The summed E-state index contributed by atoms with van der Waals surface area (Å²) in [4.78, 5) is 0.654. The maximum absolute atomic E-state index is 13.3. The molecule has 1 heterocycles. The quantitative estimate of drug-likeness (QED) is 0.861. The molecule has 0 saturated heterocycles. The second-order valence-electron chi connectivity index (χ2n) is 4.63. The molecule has 2 atom stereocenters. The van der Waals surface area contributed by atoms with Crippen LogP contribution < -0.4 is 5.73 Å². The van der Waals surface area contributed by atoms with E-state index in [1.54, 1.807) is 16.9 Å². The molecular formula is C14H17F2N3S. The van der Waals surface area contributed by atoms with Gasteiger partial charge in [-0.25, -0.2) is 8.78 Å². The molecule has 1 aromatic heterocycles. The Hall–Kier alpha value is -1.40. The molecule has 0 aliphatic carbocycles. The fourth-order valence-corrected chi connectivity index (χ4v) is 3.14. The Bertz CT molecular complexity index is 586. The van der Waals surface area contributed by atoms with E-state index in [0.717, 1.165) is 18.1 Å². The molecule has 0 saturated carbocycles. The number of rotatable bonds is 5. The van der Waals surface area contributed by atoms with Crippen molar-refractivity contribution < 1.29 is 8.78 Å². The van der Waals surface area contributed by atoms with Crippen LogP contribution >= 0.6 is 11.8 Å². The minimum absolute atomic E-state index is 0.0430. The van der Waals surface area contributed by atoms with Gasteiger partial charge in [-0.05, 0) is 24.6 Å². The van der Waals surface area contributed by atoms with Crippen molar-refractivity contribution in [2.75, 3.05) is 0 Å². The number of halogens is 2. The van der Waals surface area contributed by atoms with Crippen molar-refractivity contribution in [3.63, 3.8) is 0 Å². The molecule has 0 bridgehead atoms. The van der Waals surface area contributed by atoms with Crippen molar-refractivity contribution in [1.29, 1.82) is 0 Å². The van der Waals surface area contributed by atoms with E-state index in [1.165, 1.54) is 17.8 Å². The zero-order valence-corrected chi connectivity index (χ0v) is 12.2. The third-order valence-corrected chi connectivity index (χ3v) is 4.47. The summed E-state index contributed by atoms with van der Waals surface area (Å²) in [6.07, 6.45) is 4.44. The van der Waals surface area contributed by atoms with Crippen LogP contribution in [0.2, 0.25) is 0 Å². The molecule has 2 aromatic rings. The van der Waals surface area contributed by atoms with E-state index in [4.69, 9.17) is 5.73 Å². The number of nitrogens with zero attached hydrogens (tertiary/aromatic N) is 2. The topological polar surface area (TPSA) is 43.8 Å². The average Bonchev–Trinajstić information content (AvgIpc) is 2.85. The van der Waals surface area contributed by atoms with E-state index in [-0.39, 0.29) is 11.3 Å². The molecule has 108 valence electrons. The first kappa shape index (κ1) is 15.0. The average molecular weight is 297 g/mol. The molecule has 0 spiro atoms. The van der Waals surface area contributed by atoms with Gasteiger partial charge in [0.1, 0.15) is 0 Å². The highest BCUT2D eigenvalue weighted by molar-refractivity contribution is 7.99. The zero-order valence-electron chi connectivity index (χ0n) is 11.4. The molecule has 0 aliphatic heterocycles. The van der Waals surface area contributed by atoms with Crippen molar-refractivity contribution in [2.24, 2.45) is 12.8 Å². The molecule has 20 heavy (non-hydrogen) atoms. The Kier molecular flexibility index (Phi) is 4.77. The number of thioether (sulfide) groups is 1. The van der Waals surface area contributed by atoms with Gasteiger partial charge in [-0.3, -0.25) is 4.68 Å². The van der Waals surface area contributed by atoms with Gasteiger partial charge < -0.3 is 5.73 Å². The first-order valence-electron chi connectivity index (χ1n) is 6.37. The molecule has 6 heteroatoms. The van der Waals surface area contributed by atoms with E-state index >= 15 is 0 Å². The summed E-state index contributed by atoms with van der Waals surface area (Å²) < 4.78 is 28.0. The Morgan fingerprint density at radius 3 is 2.65 bits per heavy atom. The third kappa shape index (κ3) is 3.37. The Labute approximate surface area is 121 Å². The number of aromatic nitrogens is 2. The van der Waals surface area contributed by atoms with Crippen LogP contribution in [0, 0.1) is 11.6 Å². The minimum atomic E-state index is -0.843. The SMILES string of the molecule is CCC(N)C(Sc1ccc(F)c(F)c1)c1cnn(C)c1. The molecule has 0 fully saturated rings. The van der Waals surface area contributed by atoms with Gasteiger partial charge in [-0.1, -0.05) is 6.92 Å². The maximum Gasteiger partial charge on any atom is 0.159 e. The molecule has 3 nitrogen and oxygen atoms in total. The lowest BCUT2D eigenvalue weighted by atomic mass is 10.1. The van der Waals surface area contributed by atoms with Gasteiger partial charge in [0.25, 0.3) is 0 Å². The highest BCUT2D eigenvalue weighted by Gasteiger charge is 2.21. The van der Waals surface area contributed by atoms with Crippen LogP contribution in [-0.2, 0) is 7.05 Å². The molecule has 2 unspecified atom stereocenters. The smallest absolute Gasteiger partial charge is 0.159 e. The lowest BCUT2D eigenvalue weighted by molar-refractivity contribution is 0.506. The van der Waals surface area contributed by atoms with Gasteiger partial charge in [0.05, 0.1) is 11.4 Å². The van der Waals surface area contributed by atoms with Crippen molar-refractivity contribution in [1.82, 2.24) is 9.78 Å². The van der Waals surface area contributed by atoms with Gasteiger partial charge in [0.15, 0.2) is 11.6 Å². The normalized spacial score (nSPS) is 14.2. The predicted octanol–water partition coefficient (Wildman–Crippen LogP) is 3.27. The van der Waals surface area contributed by atoms with Crippen molar-refractivity contribution >= 4 is 11.8 Å². The molecule has 0 radical (unpaired) electrons. The number of hydrogen-bond acceptors (Lipinski definition) is 3. The second-order valence-corrected chi connectivity index (χ2v) is 5.85. The Morgan fingerprint density at radius 2 is 2.10 bits per heavy atom. The van der Waals surface area contributed by atoms with Crippen LogP contribution in [0.25, 0.3) is 0 Å². The maximum atomic E-state index is 13.3. The number of aryl methyl sites for hydroxylation is 1. The molecule has 0 amide bonds. The largest absolute Gasteiger partial charge is 0.326 e. The summed E-state index contributed by atoms with van der Waals surface area (Å²) in [5.74, 6) is -1.68. The summed E-state index contributed by atoms with van der Waals surface area (Å²) in [7, 11) is 1.83. The van der Waals surface area contributed by atoms with Gasteiger partial charge in [0.2, 0.25) is 0 Å². The fraction of sp³-hybridized carbons (Fsp3) is 0.357. The minimum Gasteiger partial charge on any atom is -0.326 e. The van der Waals surface area contributed by atoms with E-state index in [9.17, 15) is 8.78 Å². The van der Waals surface area contributed by atoms with Crippen LogP contribution in [0.3, 0.4) is 0 Å². The predicted molar refractivity (Wildman–Crippen MR) is 76.4 cm³/mol. The van der Waals surface area contributed by atoms with E-state index < -0.39 is 11.6 Å². The number of benzene rings is 1. The summed E-state index contributed by atoms with van der Waals surface area (Å²) in [6.45, 7) is 2.00. The lowest BCUT2D eigenvalue weighted by Gasteiger charge is -2.21.